The molecule has 0 atom stereocenters. The lowest BCUT2D eigenvalue weighted by Crippen LogP contribution is -2.43. The normalized spacial score (nSPS) is 11.0. The quantitative estimate of drug-likeness (QED) is 0.531. The zero-order chi connectivity index (χ0) is 16.3. The highest BCUT2D eigenvalue weighted by atomic mass is 16.5. The number of ether oxygens (including phenoxy) is 1. The third-order valence-electron chi connectivity index (χ3n) is 3.01. The van der Waals surface area contributed by atoms with Crippen molar-refractivity contribution in [3.8, 4) is 0 Å². The molecule has 0 radical (unpaired) electrons. The van der Waals surface area contributed by atoms with Gasteiger partial charge in [-0.25, -0.2) is 4.79 Å². The monoisotopic (exact) mass is 302 g/mol. The third kappa shape index (κ3) is 11.9. The van der Waals surface area contributed by atoms with Gasteiger partial charge in [0.05, 0.1) is 0 Å². The molecule has 0 aliphatic rings. The summed E-state index contributed by atoms with van der Waals surface area (Å²) in [5.74, 6) is -1.28. The van der Waals surface area contributed by atoms with Crippen molar-refractivity contribution in [1.82, 2.24) is 10.6 Å². The number of hydrogen-bond donors (Lipinski definition) is 3. The maximum absolute atomic E-state index is 11.5. The first kappa shape index (κ1) is 19.4. The van der Waals surface area contributed by atoms with Gasteiger partial charge in [0, 0.05) is 33.1 Å². The van der Waals surface area contributed by atoms with Gasteiger partial charge in [-0.3, -0.25) is 14.9 Å². The molecule has 21 heavy (non-hydrogen) atoms. The number of imide groups is 1. The van der Waals surface area contributed by atoms with Crippen molar-refractivity contribution in [2.45, 2.75) is 46.0 Å². The number of hydrogen-bond acceptors (Lipinski definition) is 4. The Hall–Kier alpha value is -1.63. The fraction of sp³-hybridized carbons (Fsp3) is 0.786. The van der Waals surface area contributed by atoms with E-state index < -0.39 is 17.9 Å². The van der Waals surface area contributed by atoms with Crippen LogP contribution in [0.1, 0.15) is 46.0 Å². The van der Waals surface area contributed by atoms with Crippen LogP contribution in [0.3, 0.4) is 0 Å². The van der Waals surface area contributed by atoms with Gasteiger partial charge in [-0.15, -0.1) is 0 Å². The van der Waals surface area contributed by atoms with E-state index in [1.807, 2.05) is 13.8 Å². The summed E-state index contributed by atoms with van der Waals surface area (Å²) in [5.41, 5.74) is -0.113. The Morgan fingerprint density at radius 2 is 1.76 bits per heavy atom. The zero-order valence-corrected chi connectivity index (χ0v) is 13.0. The van der Waals surface area contributed by atoms with Crippen molar-refractivity contribution in [2.24, 2.45) is 5.41 Å². The minimum Gasteiger partial charge on any atom is -0.481 e. The first-order valence-corrected chi connectivity index (χ1v) is 7.05. The second-order valence-corrected chi connectivity index (χ2v) is 5.74. The van der Waals surface area contributed by atoms with Crippen molar-refractivity contribution in [3.05, 3.63) is 0 Å². The second-order valence-electron chi connectivity index (χ2n) is 5.74. The molecule has 0 aromatic rings. The van der Waals surface area contributed by atoms with Gasteiger partial charge in [0.2, 0.25) is 5.91 Å². The molecule has 0 saturated carbocycles. The Labute approximate surface area is 125 Å². The van der Waals surface area contributed by atoms with Crippen molar-refractivity contribution >= 4 is 17.9 Å². The molecule has 0 bridgehead atoms. The molecule has 3 amide bonds. The molecule has 0 aromatic carbocycles. The van der Waals surface area contributed by atoms with Crippen molar-refractivity contribution in [2.75, 3.05) is 20.3 Å². The Balaban J connectivity index is 3.82. The number of unbranched alkanes of at least 4 members (excludes halogenated alkanes) is 1. The van der Waals surface area contributed by atoms with Crippen LogP contribution in [0.5, 0.6) is 0 Å². The van der Waals surface area contributed by atoms with Crippen LogP contribution in [0.2, 0.25) is 0 Å². The number of nitrogens with one attached hydrogen (secondary N) is 2. The Morgan fingerprint density at radius 1 is 1.14 bits per heavy atom. The van der Waals surface area contributed by atoms with Crippen molar-refractivity contribution in [3.63, 3.8) is 0 Å². The van der Waals surface area contributed by atoms with Gasteiger partial charge in [-0.2, -0.15) is 0 Å². The molecule has 122 valence electrons. The molecule has 0 saturated heterocycles. The van der Waals surface area contributed by atoms with Crippen LogP contribution in [0, 0.1) is 5.41 Å². The van der Waals surface area contributed by atoms with Crippen LogP contribution in [-0.2, 0) is 14.3 Å². The van der Waals surface area contributed by atoms with E-state index in [-0.39, 0.29) is 18.3 Å². The van der Waals surface area contributed by atoms with Gasteiger partial charge in [-0.1, -0.05) is 13.8 Å². The van der Waals surface area contributed by atoms with E-state index in [2.05, 4.69) is 10.6 Å². The van der Waals surface area contributed by atoms with Gasteiger partial charge in [-0.05, 0) is 24.7 Å². The van der Waals surface area contributed by atoms with Crippen LogP contribution < -0.4 is 10.6 Å². The predicted octanol–water partition coefficient (Wildman–Crippen LogP) is 1.52. The summed E-state index contributed by atoms with van der Waals surface area (Å²) in [5, 5.41) is 13.3. The number of rotatable bonds is 10. The Morgan fingerprint density at radius 3 is 2.33 bits per heavy atom. The van der Waals surface area contributed by atoms with Crippen molar-refractivity contribution < 1.29 is 24.2 Å². The molecule has 0 spiro atoms. The summed E-state index contributed by atoms with van der Waals surface area (Å²) >= 11 is 0. The summed E-state index contributed by atoms with van der Waals surface area (Å²) in [4.78, 5) is 33.3. The molecule has 7 nitrogen and oxygen atoms in total. The maximum Gasteiger partial charge on any atom is 0.321 e. The molecule has 0 aliphatic carbocycles. The second kappa shape index (κ2) is 10.1. The number of aliphatic carboxylic acids is 1. The molecule has 0 heterocycles. The largest absolute Gasteiger partial charge is 0.481 e. The molecule has 0 unspecified atom stereocenters. The third-order valence-corrected chi connectivity index (χ3v) is 3.01. The summed E-state index contributed by atoms with van der Waals surface area (Å²) in [6, 6.07) is -0.524. The van der Waals surface area contributed by atoms with Crippen LogP contribution >= 0.6 is 0 Å². The lowest BCUT2D eigenvalue weighted by Gasteiger charge is -2.24. The van der Waals surface area contributed by atoms with Gasteiger partial charge in [0.25, 0.3) is 0 Å². The molecule has 0 rings (SSSR count). The molecule has 0 aliphatic heterocycles. The molecule has 3 N–H and O–H groups in total. The topological polar surface area (TPSA) is 105 Å². The van der Waals surface area contributed by atoms with E-state index in [4.69, 9.17) is 9.84 Å². The van der Waals surface area contributed by atoms with Crippen LogP contribution in [0.4, 0.5) is 4.79 Å². The number of amides is 3. The van der Waals surface area contributed by atoms with Crippen LogP contribution in [0.15, 0.2) is 0 Å². The first-order valence-electron chi connectivity index (χ1n) is 7.05. The first-order chi connectivity index (χ1) is 9.76. The SMILES string of the molecule is COCCC(C)(C)CNC(=O)NC(=O)CCCCC(=O)O. The molecule has 0 aromatic heterocycles. The summed E-state index contributed by atoms with van der Waals surface area (Å²) in [7, 11) is 1.62. The number of carboxylic acids is 1. The molecular formula is C14H26N2O5. The number of carbonyl (C=O) groups excluding carboxylic acids is 2. The fourth-order valence-electron chi connectivity index (χ4n) is 1.58. The van der Waals surface area contributed by atoms with E-state index >= 15 is 0 Å². The lowest BCUT2D eigenvalue weighted by molar-refractivity contribution is -0.137. The van der Waals surface area contributed by atoms with E-state index in [1.165, 1.54) is 0 Å². The smallest absolute Gasteiger partial charge is 0.321 e. The minimum absolute atomic E-state index is 0.0349. The summed E-state index contributed by atoms with van der Waals surface area (Å²) in [6.07, 6.45) is 1.85. The fourth-order valence-corrected chi connectivity index (χ4v) is 1.58. The summed E-state index contributed by atoms with van der Waals surface area (Å²) in [6.45, 7) is 5.05. The van der Waals surface area contributed by atoms with Crippen LogP contribution in [-0.4, -0.2) is 43.3 Å². The van der Waals surface area contributed by atoms with Gasteiger partial charge in [0.1, 0.15) is 0 Å². The predicted molar refractivity (Wildman–Crippen MR) is 77.9 cm³/mol. The maximum atomic E-state index is 11.5. The highest BCUT2D eigenvalue weighted by molar-refractivity contribution is 5.94. The highest BCUT2D eigenvalue weighted by Gasteiger charge is 2.19. The average molecular weight is 302 g/mol. The van der Waals surface area contributed by atoms with E-state index in [1.54, 1.807) is 7.11 Å². The average Bonchev–Trinajstić information content (AvgIpc) is 2.39. The van der Waals surface area contributed by atoms with Gasteiger partial charge >= 0.3 is 12.0 Å². The summed E-state index contributed by atoms with van der Waals surface area (Å²) < 4.78 is 5.00. The number of methoxy groups -OCH3 is 1. The Kier molecular flexibility index (Phi) is 9.36. The lowest BCUT2D eigenvalue weighted by atomic mass is 9.90. The van der Waals surface area contributed by atoms with Crippen LogP contribution in [0.25, 0.3) is 0 Å². The standard InChI is InChI=1S/C14H26N2O5/c1-14(2,8-9-21-3)10-15-13(20)16-11(17)6-4-5-7-12(18)19/h4-10H2,1-3H3,(H,18,19)(H2,15,16,17,20). The number of urea groups is 1. The van der Waals surface area contributed by atoms with E-state index in [9.17, 15) is 14.4 Å². The van der Waals surface area contributed by atoms with Crippen molar-refractivity contribution in [1.29, 1.82) is 0 Å². The molecule has 7 heteroatoms. The van der Waals surface area contributed by atoms with Gasteiger partial charge < -0.3 is 15.2 Å². The number of carboxylic acid groups (broad SMARTS) is 1. The van der Waals surface area contributed by atoms with E-state index in [0.717, 1.165) is 6.42 Å². The minimum atomic E-state index is -0.883. The zero-order valence-electron chi connectivity index (χ0n) is 13.0. The molecular weight excluding hydrogens is 276 g/mol. The highest BCUT2D eigenvalue weighted by Crippen LogP contribution is 2.18. The van der Waals surface area contributed by atoms with Gasteiger partial charge in [0.15, 0.2) is 0 Å². The molecule has 0 fully saturated rings. The van der Waals surface area contributed by atoms with E-state index in [0.29, 0.717) is 26.0 Å². The Bertz CT molecular complexity index is 355. The number of carbonyl (C=O) groups is 3.